The number of nitrogens with two attached hydrogens (primary N) is 1. The lowest BCUT2D eigenvalue weighted by molar-refractivity contribution is 0.0740. The number of rotatable bonds is 13. The van der Waals surface area contributed by atoms with Gasteiger partial charge >= 0.3 is 0 Å². The summed E-state index contributed by atoms with van der Waals surface area (Å²) in [7, 11) is 0. The molecule has 15 heteroatoms. The third kappa shape index (κ3) is 8.60. The van der Waals surface area contributed by atoms with Crippen LogP contribution in [0, 0.1) is 17.5 Å². The number of nitrogen functional groups attached to an aromatic ring is 1. The number of H-pyrrole nitrogens is 1. The Kier molecular flexibility index (Phi) is 11.4. The van der Waals surface area contributed by atoms with Crippen molar-refractivity contribution in [2.45, 2.75) is 39.3 Å². The van der Waals surface area contributed by atoms with Crippen LogP contribution >= 0.6 is 0 Å². The van der Waals surface area contributed by atoms with Crippen molar-refractivity contribution in [3.63, 3.8) is 0 Å². The first-order valence-electron chi connectivity index (χ1n) is 19.0. The van der Waals surface area contributed by atoms with Gasteiger partial charge in [-0.15, -0.1) is 6.58 Å². The summed E-state index contributed by atoms with van der Waals surface area (Å²) in [5, 5.41) is 20.1. The monoisotopic (exact) mass is 790 g/mol. The minimum atomic E-state index is -1.17. The smallest absolute Gasteiger partial charge is 0.256 e. The molecule has 1 fully saturated rings. The second-order valence-corrected chi connectivity index (χ2v) is 14.6. The molecule has 300 valence electrons. The molecule has 0 bridgehead atoms. The number of fused-ring (bicyclic) bond motifs is 1. The summed E-state index contributed by atoms with van der Waals surface area (Å²) >= 11 is 0. The Bertz CT molecular complexity index is 2450. The first-order chi connectivity index (χ1) is 27.8. The van der Waals surface area contributed by atoms with E-state index in [9.17, 15) is 14.3 Å². The number of aromatic nitrogens is 4. The molecular formula is C43H45F3N10O2. The summed E-state index contributed by atoms with van der Waals surface area (Å²) in [6.45, 7) is 11.7. The zero-order valence-electron chi connectivity index (χ0n) is 32.5. The third-order valence-corrected chi connectivity index (χ3v) is 10.1. The van der Waals surface area contributed by atoms with Crippen LogP contribution in [0.2, 0.25) is 0 Å². The van der Waals surface area contributed by atoms with Gasteiger partial charge in [0.2, 0.25) is 5.95 Å². The highest BCUT2D eigenvalue weighted by molar-refractivity contribution is 6.00. The number of amides is 1. The Morgan fingerprint density at radius 3 is 2.38 bits per heavy atom. The highest BCUT2D eigenvalue weighted by Crippen LogP contribution is 2.36. The summed E-state index contributed by atoms with van der Waals surface area (Å²) < 4.78 is 45.2. The molecule has 0 aliphatic carbocycles. The molecule has 3 aromatic heterocycles. The fourth-order valence-corrected chi connectivity index (χ4v) is 7.10. The number of pyridine rings is 1. The molecule has 1 aliphatic rings. The Labute approximate surface area is 334 Å². The largest absolute Gasteiger partial charge is 0.398 e. The highest BCUT2D eigenvalue weighted by atomic mass is 19.1. The number of piperazine rings is 1. The van der Waals surface area contributed by atoms with Crippen molar-refractivity contribution < 1.29 is 23.1 Å². The quantitative estimate of drug-likeness (QED) is 0.0510. The van der Waals surface area contributed by atoms with Gasteiger partial charge < -0.3 is 36.7 Å². The Morgan fingerprint density at radius 2 is 1.71 bits per heavy atom. The van der Waals surface area contributed by atoms with Gasteiger partial charge in [0, 0.05) is 84.7 Å². The third-order valence-electron chi connectivity index (χ3n) is 10.1. The van der Waals surface area contributed by atoms with Gasteiger partial charge in [0.1, 0.15) is 40.3 Å². The lowest BCUT2D eigenvalue weighted by atomic mass is 10.0. The zero-order valence-corrected chi connectivity index (χ0v) is 32.5. The van der Waals surface area contributed by atoms with E-state index in [1.54, 1.807) is 38.1 Å². The molecule has 0 unspecified atom stereocenters. The molecule has 0 atom stereocenters. The number of nitrogens with one attached hydrogen (secondary N) is 4. The molecule has 4 heterocycles. The Morgan fingerprint density at radius 1 is 0.983 bits per heavy atom. The summed E-state index contributed by atoms with van der Waals surface area (Å²) in [5.74, 6) is -1.34. The number of anilines is 6. The van der Waals surface area contributed by atoms with E-state index in [0.717, 1.165) is 11.3 Å². The van der Waals surface area contributed by atoms with E-state index >= 15 is 8.78 Å². The number of aliphatic hydroxyl groups is 1. The van der Waals surface area contributed by atoms with Crippen molar-refractivity contribution in [1.29, 1.82) is 0 Å². The van der Waals surface area contributed by atoms with Crippen LogP contribution in [0.1, 0.15) is 48.0 Å². The van der Waals surface area contributed by atoms with Crippen LogP contribution < -0.4 is 26.6 Å². The molecule has 58 heavy (non-hydrogen) atoms. The Hall–Kier alpha value is -6.45. The van der Waals surface area contributed by atoms with Crippen LogP contribution in [0.5, 0.6) is 0 Å². The molecule has 0 spiro atoms. The van der Waals surface area contributed by atoms with Crippen LogP contribution in [-0.4, -0.2) is 68.6 Å². The van der Waals surface area contributed by atoms with E-state index in [2.05, 4.69) is 47.4 Å². The maximum atomic E-state index is 15.6. The van der Waals surface area contributed by atoms with Crippen LogP contribution in [0.15, 0.2) is 85.6 Å². The van der Waals surface area contributed by atoms with E-state index in [4.69, 9.17) is 5.73 Å². The van der Waals surface area contributed by atoms with E-state index in [-0.39, 0.29) is 41.7 Å². The maximum Gasteiger partial charge on any atom is 0.256 e. The SMILES string of the molecule is C=CCNC(=O)c1cnc(Nc2ccc(N3CCN(Cc4c(F)cc(-c5[nH]c6cc(F)cc(N)c6c5CC)cc4F)CC3)cc2)nc1Nc1cccc(C(C)(C)O)n1. The summed E-state index contributed by atoms with van der Waals surface area (Å²) in [4.78, 5) is 33.8. The van der Waals surface area contributed by atoms with Gasteiger partial charge in [0.05, 0.1) is 11.2 Å². The minimum Gasteiger partial charge on any atom is -0.398 e. The molecule has 0 saturated carbocycles. The van der Waals surface area contributed by atoms with E-state index < -0.39 is 29.0 Å². The van der Waals surface area contributed by atoms with Gasteiger partial charge in [-0.25, -0.2) is 23.1 Å². The molecule has 7 rings (SSSR count). The number of halogens is 3. The lowest BCUT2D eigenvalue weighted by Crippen LogP contribution is -2.46. The van der Waals surface area contributed by atoms with Gasteiger partial charge in [-0.1, -0.05) is 19.1 Å². The summed E-state index contributed by atoms with van der Waals surface area (Å²) in [5.41, 5.74) is 9.65. The minimum absolute atomic E-state index is 0.00256. The zero-order chi connectivity index (χ0) is 41.1. The number of nitrogens with zero attached hydrogens (tertiary/aromatic N) is 5. The second-order valence-electron chi connectivity index (χ2n) is 14.6. The molecule has 1 aliphatic heterocycles. The highest BCUT2D eigenvalue weighted by Gasteiger charge is 2.24. The van der Waals surface area contributed by atoms with E-state index in [1.807, 2.05) is 36.1 Å². The fraction of sp³-hybridized carbons (Fsp3) is 0.256. The summed E-state index contributed by atoms with van der Waals surface area (Å²) in [6, 6.07) is 18.1. The maximum absolute atomic E-state index is 15.6. The van der Waals surface area contributed by atoms with Crippen LogP contribution in [-0.2, 0) is 18.6 Å². The first-order valence-corrected chi connectivity index (χ1v) is 19.0. The van der Waals surface area contributed by atoms with Gasteiger partial charge in [-0.3, -0.25) is 9.69 Å². The topological polar surface area (TPSA) is 160 Å². The molecular weight excluding hydrogens is 746 g/mol. The number of aromatic amines is 1. The average molecular weight is 791 g/mol. The number of aryl methyl sites for hydroxylation is 1. The molecule has 12 nitrogen and oxygen atoms in total. The van der Waals surface area contributed by atoms with Crippen molar-refractivity contribution in [1.82, 2.24) is 30.2 Å². The van der Waals surface area contributed by atoms with Crippen molar-refractivity contribution in [3.8, 4) is 11.3 Å². The van der Waals surface area contributed by atoms with Crippen LogP contribution in [0.25, 0.3) is 22.2 Å². The predicted octanol–water partition coefficient (Wildman–Crippen LogP) is 7.53. The fourth-order valence-electron chi connectivity index (χ4n) is 7.10. The van der Waals surface area contributed by atoms with Gasteiger partial charge in [0.15, 0.2) is 0 Å². The Balaban J connectivity index is 0.998. The van der Waals surface area contributed by atoms with Crippen molar-refractivity contribution in [3.05, 3.63) is 125 Å². The van der Waals surface area contributed by atoms with Crippen molar-refractivity contribution in [2.75, 3.05) is 54.0 Å². The number of hydrogen-bond acceptors (Lipinski definition) is 10. The number of carbonyl (C=O) groups is 1. The molecule has 6 aromatic rings. The first kappa shape index (κ1) is 39.8. The van der Waals surface area contributed by atoms with E-state index in [0.29, 0.717) is 72.0 Å². The lowest BCUT2D eigenvalue weighted by Gasteiger charge is -2.36. The summed E-state index contributed by atoms with van der Waals surface area (Å²) in [6.07, 6.45) is 3.53. The molecule has 1 amide bonds. The van der Waals surface area contributed by atoms with Gasteiger partial charge in [-0.05, 0) is 86.5 Å². The predicted molar refractivity (Wildman–Crippen MR) is 222 cm³/mol. The van der Waals surface area contributed by atoms with Crippen LogP contribution in [0.3, 0.4) is 0 Å². The van der Waals surface area contributed by atoms with Crippen molar-refractivity contribution in [2.24, 2.45) is 0 Å². The van der Waals surface area contributed by atoms with Crippen molar-refractivity contribution >= 4 is 51.5 Å². The average Bonchev–Trinajstić information content (AvgIpc) is 3.58. The van der Waals surface area contributed by atoms with Gasteiger partial charge in [-0.2, -0.15) is 4.98 Å². The normalized spacial score (nSPS) is 13.5. The van der Waals surface area contributed by atoms with Gasteiger partial charge in [0.25, 0.3) is 5.91 Å². The van der Waals surface area contributed by atoms with Crippen LogP contribution in [0.4, 0.5) is 47.8 Å². The molecule has 7 N–H and O–H groups in total. The number of hydrogen-bond donors (Lipinski definition) is 6. The number of carbonyl (C=O) groups excluding carboxylic acids is 1. The molecule has 3 aromatic carbocycles. The number of benzene rings is 3. The second kappa shape index (κ2) is 16.6. The molecule has 0 radical (unpaired) electrons. The van der Waals surface area contributed by atoms with E-state index in [1.165, 1.54) is 30.5 Å². The molecule has 1 saturated heterocycles. The standard InChI is InChI=1S/C43H45F3N10O2/c1-5-14-48-41(57)30-23-49-42(54-40(30)53-37-9-7-8-36(52-37)43(3,4)58)50-27-10-12-28(13-11-27)56-17-15-55(16-18-56)24-31-32(45)19-25(20-33(31)46)39-29(6-2)38-34(47)21-26(44)22-35(38)51-39/h5,7-13,19-23,51,58H,1,6,14-18,24,47H2,2-4H3,(H,48,57)(H2,49,50,52,53,54).